The molecule has 11 heteroatoms. The zero-order valence-corrected chi connectivity index (χ0v) is 18.6. The van der Waals surface area contributed by atoms with Crippen LogP contribution < -0.4 is 4.74 Å². The Balaban J connectivity index is 1.57. The number of nitrogens with zero attached hydrogens (tertiary/aromatic N) is 5. The Morgan fingerprint density at radius 1 is 1.03 bits per heavy atom. The van der Waals surface area contributed by atoms with Crippen molar-refractivity contribution in [1.82, 2.24) is 19.7 Å². The number of aromatic nitrogens is 3. The first kappa shape index (κ1) is 23.1. The molecule has 0 saturated carbocycles. The van der Waals surface area contributed by atoms with Crippen LogP contribution >= 0.6 is 11.8 Å². The highest BCUT2D eigenvalue weighted by molar-refractivity contribution is 7.98. The van der Waals surface area contributed by atoms with Crippen LogP contribution in [0.15, 0.2) is 53.7 Å². The zero-order chi connectivity index (χ0) is 23.2. The fourth-order valence-corrected chi connectivity index (χ4v) is 4.64. The molecule has 0 amide bonds. The smallest absolute Gasteiger partial charge is 0.387 e. The van der Waals surface area contributed by atoms with Crippen LogP contribution in [0.3, 0.4) is 0 Å². The molecule has 174 valence electrons. The van der Waals surface area contributed by atoms with Gasteiger partial charge in [0.05, 0.1) is 11.5 Å². The van der Waals surface area contributed by atoms with Crippen molar-refractivity contribution in [2.75, 3.05) is 13.1 Å². The highest BCUT2D eigenvalue weighted by Crippen LogP contribution is 2.28. The lowest BCUT2D eigenvalue weighted by Gasteiger charge is -2.26. The van der Waals surface area contributed by atoms with Gasteiger partial charge >= 0.3 is 6.61 Å². The highest BCUT2D eigenvalue weighted by atomic mass is 32.2. The average Bonchev–Trinajstić information content (AvgIpc) is 3.21. The van der Waals surface area contributed by atoms with Gasteiger partial charge in [-0.2, -0.15) is 8.78 Å². The van der Waals surface area contributed by atoms with Crippen molar-refractivity contribution in [3.8, 4) is 11.4 Å². The van der Waals surface area contributed by atoms with Gasteiger partial charge in [-0.1, -0.05) is 30.3 Å². The summed E-state index contributed by atoms with van der Waals surface area (Å²) in [7, 11) is 0. The van der Waals surface area contributed by atoms with Gasteiger partial charge in [0.15, 0.2) is 11.0 Å². The quantitative estimate of drug-likeness (QED) is 0.243. The summed E-state index contributed by atoms with van der Waals surface area (Å²) in [6.07, 6.45) is 3.52. The monoisotopic (exact) mass is 475 g/mol. The minimum atomic E-state index is -2.88. The summed E-state index contributed by atoms with van der Waals surface area (Å²) < 4.78 is 31.4. The first-order chi connectivity index (χ1) is 16.0. The van der Waals surface area contributed by atoms with Gasteiger partial charge < -0.3 is 4.74 Å². The zero-order valence-electron chi connectivity index (χ0n) is 17.8. The Labute approximate surface area is 193 Å². The molecular formula is C22H23F2N5O3S. The molecule has 1 fully saturated rings. The van der Waals surface area contributed by atoms with E-state index in [1.54, 1.807) is 24.3 Å². The lowest BCUT2D eigenvalue weighted by Crippen LogP contribution is -2.30. The van der Waals surface area contributed by atoms with Gasteiger partial charge in [0, 0.05) is 23.6 Å². The van der Waals surface area contributed by atoms with E-state index in [9.17, 15) is 18.9 Å². The lowest BCUT2D eigenvalue weighted by atomic mass is 10.1. The third-order valence-electron chi connectivity index (χ3n) is 5.35. The van der Waals surface area contributed by atoms with Gasteiger partial charge in [-0.3, -0.25) is 19.6 Å². The van der Waals surface area contributed by atoms with Gasteiger partial charge in [-0.15, -0.1) is 10.2 Å². The molecule has 0 N–H and O–H groups in total. The number of nitro groups is 1. The van der Waals surface area contributed by atoms with E-state index in [1.165, 1.54) is 42.4 Å². The first-order valence-electron chi connectivity index (χ1n) is 10.6. The molecule has 0 spiro atoms. The minimum absolute atomic E-state index is 0.0434. The van der Waals surface area contributed by atoms with Gasteiger partial charge in [-0.25, -0.2) is 0 Å². The van der Waals surface area contributed by atoms with Crippen molar-refractivity contribution in [1.29, 1.82) is 0 Å². The summed E-state index contributed by atoms with van der Waals surface area (Å²) in [5, 5.41) is 20.3. The summed E-state index contributed by atoms with van der Waals surface area (Å²) in [5.74, 6) is 1.40. The molecule has 2 heterocycles. The third-order valence-corrected chi connectivity index (χ3v) is 6.35. The highest BCUT2D eigenvalue weighted by Gasteiger charge is 2.19. The first-order valence-corrected chi connectivity index (χ1v) is 11.6. The summed E-state index contributed by atoms with van der Waals surface area (Å²) in [6, 6.07) is 12.8. The van der Waals surface area contributed by atoms with E-state index < -0.39 is 11.5 Å². The summed E-state index contributed by atoms with van der Waals surface area (Å²) in [6.45, 7) is -0.243. The van der Waals surface area contributed by atoms with Crippen molar-refractivity contribution in [2.24, 2.45) is 0 Å². The number of benzene rings is 2. The molecule has 0 atom stereocenters. The molecule has 33 heavy (non-hydrogen) atoms. The number of alkyl halides is 2. The molecule has 0 unspecified atom stereocenters. The van der Waals surface area contributed by atoms with Crippen molar-refractivity contribution in [2.45, 2.75) is 43.3 Å². The van der Waals surface area contributed by atoms with Crippen LogP contribution in [0.5, 0.6) is 5.75 Å². The number of non-ortho nitro benzene ring substituents is 1. The predicted molar refractivity (Wildman–Crippen MR) is 120 cm³/mol. The van der Waals surface area contributed by atoms with E-state index in [0.29, 0.717) is 17.5 Å². The Bertz CT molecular complexity index is 1070. The number of hydrogen-bond acceptors (Lipinski definition) is 7. The molecule has 8 nitrogen and oxygen atoms in total. The molecule has 0 bridgehead atoms. The molecule has 1 aliphatic rings. The number of hydrogen-bond donors (Lipinski definition) is 0. The molecule has 1 aliphatic heterocycles. The van der Waals surface area contributed by atoms with Crippen LogP contribution in [0, 0.1) is 10.1 Å². The average molecular weight is 476 g/mol. The molecule has 0 aliphatic carbocycles. The topological polar surface area (TPSA) is 86.3 Å². The maximum Gasteiger partial charge on any atom is 0.387 e. The van der Waals surface area contributed by atoms with Gasteiger partial charge in [0.1, 0.15) is 5.75 Å². The number of piperidine rings is 1. The van der Waals surface area contributed by atoms with Crippen molar-refractivity contribution >= 4 is 17.4 Å². The van der Waals surface area contributed by atoms with Crippen molar-refractivity contribution in [3.63, 3.8) is 0 Å². The number of nitro benzene ring substituents is 1. The predicted octanol–water partition coefficient (Wildman–Crippen LogP) is 5.06. The van der Waals surface area contributed by atoms with Gasteiger partial charge in [0.2, 0.25) is 0 Å². The fourth-order valence-electron chi connectivity index (χ4n) is 3.71. The van der Waals surface area contributed by atoms with E-state index >= 15 is 0 Å². The minimum Gasteiger partial charge on any atom is -0.435 e. The van der Waals surface area contributed by atoms with Crippen molar-refractivity contribution in [3.05, 3.63) is 70.0 Å². The Morgan fingerprint density at radius 3 is 2.36 bits per heavy atom. The molecule has 1 saturated heterocycles. The maximum atomic E-state index is 12.5. The van der Waals surface area contributed by atoms with Crippen LogP contribution in [0.4, 0.5) is 14.5 Å². The normalized spacial score (nSPS) is 14.5. The van der Waals surface area contributed by atoms with Gasteiger partial charge in [-0.05, 0) is 55.8 Å². The van der Waals surface area contributed by atoms with Gasteiger partial charge in [0.25, 0.3) is 5.69 Å². The molecule has 1 aromatic heterocycles. The standard InChI is InChI=1S/C22H23F2N5O3S/c23-21(24)32-19-10-8-17(9-11-19)28-20(14-27-12-2-1-3-13-27)25-26-22(28)33-15-16-4-6-18(7-5-16)29(30)31/h4-11,21H,1-3,12-15H2. The molecule has 3 aromatic rings. The molecule has 4 rings (SSSR count). The third kappa shape index (κ3) is 6.05. The second kappa shape index (κ2) is 10.7. The Morgan fingerprint density at radius 2 is 1.73 bits per heavy atom. The van der Waals surface area contributed by atoms with Crippen LogP contribution in [-0.2, 0) is 12.3 Å². The van der Waals surface area contributed by atoms with Crippen LogP contribution in [0.1, 0.15) is 30.7 Å². The number of halogens is 2. The largest absolute Gasteiger partial charge is 0.435 e. The van der Waals surface area contributed by atoms with E-state index in [0.717, 1.165) is 43.0 Å². The number of ether oxygens (including phenoxy) is 1. The van der Waals surface area contributed by atoms with Crippen LogP contribution in [0.2, 0.25) is 0 Å². The fraction of sp³-hybridized carbons (Fsp3) is 0.364. The second-order valence-corrected chi connectivity index (χ2v) is 8.60. The second-order valence-electron chi connectivity index (χ2n) is 7.66. The van der Waals surface area contributed by atoms with E-state index in [1.807, 2.05) is 4.57 Å². The number of rotatable bonds is 9. The summed E-state index contributed by atoms with van der Waals surface area (Å²) in [4.78, 5) is 12.8. The van der Waals surface area contributed by atoms with Crippen molar-refractivity contribution < 1.29 is 18.4 Å². The molecule has 0 radical (unpaired) electrons. The summed E-state index contributed by atoms with van der Waals surface area (Å²) in [5.41, 5.74) is 1.71. The molecule has 2 aromatic carbocycles. The summed E-state index contributed by atoms with van der Waals surface area (Å²) >= 11 is 1.46. The number of likely N-dealkylation sites (tertiary alicyclic amines) is 1. The SMILES string of the molecule is O=[N+]([O-])c1ccc(CSc2nnc(CN3CCCCC3)n2-c2ccc(OC(F)F)cc2)cc1. The maximum absolute atomic E-state index is 12.5. The Hall–Kier alpha value is -3.05. The van der Waals surface area contributed by atoms with E-state index in [-0.39, 0.29) is 11.4 Å². The van der Waals surface area contributed by atoms with E-state index in [4.69, 9.17) is 0 Å². The Kier molecular flexibility index (Phi) is 7.50. The van der Waals surface area contributed by atoms with Crippen LogP contribution in [0.25, 0.3) is 5.69 Å². The lowest BCUT2D eigenvalue weighted by molar-refractivity contribution is -0.384. The molecular weight excluding hydrogens is 452 g/mol. The van der Waals surface area contributed by atoms with E-state index in [2.05, 4.69) is 19.8 Å². The van der Waals surface area contributed by atoms with Crippen LogP contribution in [-0.4, -0.2) is 44.3 Å². The number of thioether (sulfide) groups is 1.